The molecule has 3 nitrogen and oxygen atoms in total. The van der Waals surface area contributed by atoms with Crippen LogP contribution in [0.2, 0.25) is 0 Å². The van der Waals surface area contributed by atoms with E-state index in [0.717, 1.165) is 10.8 Å². The highest BCUT2D eigenvalue weighted by atomic mass is 32.2. The van der Waals surface area contributed by atoms with Gasteiger partial charge in [-0.15, -0.1) is 11.8 Å². The third-order valence-electron chi connectivity index (χ3n) is 2.32. The molecule has 0 aliphatic carbocycles. The number of benzene rings is 1. The second kappa shape index (κ2) is 5.19. The molecule has 0 fully saturated rings. The van der Waals surface area contributed by atoms with E-state index in [0.29, 0.717) is 5.95 Å². The Hall–Kier alpha value is -1.55. The number of aryl methyl sites for hydroxylation is 2. The van der Waals surface area contributed by atoms with Crippen LogP contribution in [0, 0.1) is 13.8 Å². The molecule has 88 valence electrons. The Morgan fingerprint density at radius 1 is 1.18 bits per heavy atom. The molecule has 1 aromatic carbocycles. The van der Waals surface area contributed by atoms with E-state index >= 15 is 0 Å². The largest absolute Gasteiger partial charge is 0.368 e. The zero-order valence-corrected chi connectivity index (χ0v) is 10.8. The van der Waals surface area contributed by atoms with Crippen molar-refractivity contribution in [2.45, 2.75) is 24.6 Å². The van der Waals surface area contributed by atoms with Gasteiger partial charge in [-0.1, -0.05) is 29.3 Å². The first-order chi connectivity index (χ1) is 8.13. The highest BCUT2D eigenvalue weighted by Gasteiger charge is 2.00. The summed E-state index contributed by atoms with van der Waals surface area (Å²) < 4.78 is 0. The summed E-state index contributed by atoms with van der Waals surface area (Å²) in [5, 5.41) is 0.914. The maximum atomic E-state index is 5.54. The van der Waals surface area contributed by atoms with Crippen molar-refractivity contribution in [2.75, 3.05) is 5.73 Å². The first-order valence-electron chi connectivity index (χ1n) is 5.42. The van der Waals surface area contributed by atoms with E-state index in [9.17, 15) is 0 Å². The molecule has 0 atom stereocenters. The van der Waals surface area contributed by atoms with E-state index in [2.05, 4.69) is 42.0 Å². The highest BCUT2D eigenvalue weighted by molar-refractivity contribution is 7.98. The smallest absolute Gasteiger partial charge is 0.221 e. The van der Waals surface area contributed by atoms with E-state index in [1.807, 2.05) is 6.07 Å². The maximum Gasteiger partial charge on any atom is 0.221 e. The number of anilines is 1. The van der Waals surface area contributed by atoms with Crippen molar-refractivity contribution in [3.05, 3.63) is 47.2 Å². The normalized spacial score (nSPS) is 10.5. The van der Waals surface area contributed by atoms with Gasteiger partial charge in [0.15, 0.2) is 0 Å². The fourth-order valence-corrected chi connectivity index (χ4v) is 2.54. The summed E-state index contributed by atoms with van der Waals surface area (Å²) in [6.45, 7) is 4.23. The fourth-order valence-electron chi connectivity index (χ4n) is 1.75. The van der Waals surface area contributed by atoms with Crippen LogP contribution in [0.4, 0.5) is 5.95 Å². The average molecular weight is 245 g/mol. The standard InChI is InChI=1S/C13H15N3S/c1-9-5-10(2)7-11(6-9)8-17-12-3-4-15-13(14)16-12/h3-7H,8H2,1-2H3,(H2,14,15,16). The summed E-state index contributed by atoms with van der Waals surface area (Å²) in [6, 6.07) is 8.45. The van der Waals surface area contributed by atoms with Gasteiger partial charge in [0, 0.05) is 11.9 Å². The van der Waals surface area contributed by atoms with Gasteiger partial charge in [0.2, 0.25) is 5.95 Å². The molecule has 0 aliphatic rings. The molecule has 0 aliphatic heterocycles. The number of nitrogens with two attached hydrogens (primary N) is 1. The number of thioether (sulfide) groups is 1. The molecular weight excluding hydrogens is 230 g/mol. The molecule has 0 bridgehead atoms. The third-order valence-corrected chi connectivity index (χ3v) is 3.32. The van der Waals surface area contributed by atoms with Crippen molar-refractivity contribution in [1.29, 1.82) is 0 Å². The molecule has 0 saturated heterocycles. The Morgan fingerprint density at radius 3 is 2.53 bits per heavy atom. The van der Waals surface area contributed by atoms with Crippen LogP contribution >= 0.6 is 11.8 Å². The lowest BCUT2D eigenvalue weighted by Gasteiger charge is -2.04. The molecule has 0 saturated carbocycles. The number of aromatic nitrogens is 2. The van der Waals surface area contributed by atoms with Gasteiger partial charge in [0.25, 0.3) is 0 Å². The summed E-state index contributed by atoms with van der Waals surface area (Å²) in [7, 11) is 0. The molecule has 1 aromatic heterocycles. The summed E-state index contributed by atoms with van der Waals surface area (Å²) in [6.07, 6.45) is 1.69. The van der Waals surface area contributed by atoms with Crippen molar-refractivity contribution in [1.82, 2.24) is 9.97 Å². The maximum absolute atomic E-state index is 5.54. The van der Waals surface area contributed by atoms with Crippen LogP contribution in [-0.2, 0) is 5.75 Å². The summed E-state index contributed by atoms with van der Waals surface area (Å²) in [5.41, 5.74) is 9.44. The van der Waals surface area contributed by atoms with Gasteiger partial charge in [-0.2, -0.15) is 0 Å². The molecule has 2 aromatic rings. The second-order valence-electron chi connectivity index (χ2n) is 4.04. The van der Waals surface area contributed by atoms with Crippen LogP contribution in [0.25, 0.3) is 0 Å². The van der Waals surface area contributed by atoms with Crippen molar-refractivity contribution in [3.8, 4) is 0 Å². The van der Waals surface area contributed by atoms with Crippen LogP contribution in [-0.4, -0.2) is 9.97 Å². The molecule has 1 heterocycles. The third kappa shape index (κ3) is 3.46. The summed E-state index contributed by atoms with van der Waals surface area (Å²) in [5.74, 6) is 1.23. The van der Waals surface area contributed by atoms with Crippen LogP contribution in [0.5, 0.6) is 0 Å². The SMILES string of the molecule is Cc1cc(C)cc(CSc2ccnc(N)n2)c1. The quantitative estimate of drug-likeness (QED) is 0.667. The van der Waals surface area contributed by atoms with Crippen LogP contribution < -0.4 is 5.73 Å². The predicted molar refractivity (Wildman–Crippen MR) is 71.9 cm³/mol. The number of hydrogen-bond donors (Lipinski definition) is 1. The molecule has 4 heteroatoms. The van der Waals surface area contributed by atoms with E-state index in [4.69, 9.17) is 5.73 Å². The van der Waals surface area contributed by atoms with Gasteiger partial charge in [-0.3, -0.25) is 0 Å². The molecule has 2 N–H and O–H groups in total. The van der Waals surface area contributed by atoms with Gasteiger partial charge in [0.1, 0.15) is 5.03 Å². The lowest BCUT2D eigenvalue weighted by molar-refractivity contribution is 1.06. The van der Waals surface area contributed by atoms with E-state index in [-0.39, 0.29) is 0 Å². The van der Waals surface area contributed by atoms with Gasteiger partial charge in [-0.25, -0.2) is 9.97 Å². The van der Waals surface area contributed by atoms with Crippen LogP contribution in [0.3, 0.4) is 0 Å². The average Bonchev–Trinajstić information content (AvgIpc) is 2.25. The van der Waals surface area contributed by atoms with Crippen molar-refractivity contribution in [2.24, 2.45) is 0 Å². The number of rotatable bonds is 3. The second-order valence-corrected chi connectivity index (χ2v) is 5.03. The predicted octanol–water partition coefficient (Wildman–Crippen LogP) is 2.97. The molecule has 0 unspecified atom stereocenters. The number of nitrogens with zero attached hydrogens (tertiary/aromatic N) is 2. The molecule has 17 heavy (non-hydrogen) atoms. The molecule has 0 amide bonds. The lowest BCUT2D eigenvalue weighted by Crippen LogP contribution is -1.94. The van der Waals surface area contributed by atoms with Crippen molar-refractivity contribution in [3.63, 3.8) is 0 Å². The van der Waals surface area contributed by atoms with E-state index in [1.54, 1.807) is 18.0 Å². The Bertz CT molecular complexity index is 506. The molecular formula is C13H15N3S. The van der Waals surface area contributed by atoms with Crippen LogP contribution in [0.15, 0.2) is 35.5 Å². The Labute approximate surface area is 105 Å². The highest BCUT2D eigenvalue weighted by Crippen LogP contribution is 2.22. The van der Waals surface area contributed by atoms with Gasteiger partial charge in [0.05, 0.1) is 0 Å². The van der Waals surface area contributed by atoms with Gasteiger partial charge >= 0.3 is 0 Å². The first-order valence-corrected chi connectivity index (χ1v) is 6.40. The fraction of sp³-hybridized carbons (Fsp3) is 0.231. The topological polar surface area (TPSA) is 51.8 Å². The zero-order valence-electron chi connectivity index (χ0n) is 9.97. The van der Waals surface area contributed by atoms with E-state index in [1.165, 1.54) is 16.7 Å². The molecule has 0 radical (unpaired) electrons. The van der Waals surface area contributed by atoms with Gasteiger partial charge in [-0.05, 0) is 25.5 Å². The van der Waals surface area contributed by atoms with Crippen LogP contribution in [0.1, 0.15) is 16.7 Å². The van der Waals surface area contributed by atoms with Crippen molar-refractivity contribution < 1.29 is 0 Å². The van der Waals surface area contributed by atoms with E-state index < -0.39 is 0 Å². The summed E-state index contributed by atoms with van der Waals surface area (Å²) in [4.78, 5) is 8.04. The summed E-state index contributed by atoms with van der Waals surface area (Å²) >= 11 is 1.67. The van der Waals surface area contributed by atoms with Crippen molar-refractivity contribution >= 4 is 17.7 Å². The lowest BCUT2D eigenvalue weighted by atomic mass is 10.1. The minimum absolute atomic E-state index is 0.329. The van der Waals surface area contributed by atoms with Gasteiger partial charge < -0.3 is 5.73 Å². The minimum Gasteiger partial charge on any atom is -0.368 e. The monoisotopic (exact) mass is 245 g/mol. The number of hydrogen-bond acceptors (Lipinski definition) is 4. The Kier molecular flexibility index (Phi) is 3.64. The Balaban J connectivity index is 2.07. The first kappa shape index (κ1) is 11.9. The minimum atomic E-state index is 0.329. The Morgan fingerprint density at radius 2 is 1.88 bits per heavy atom. The number of nitrogen functional groups attached to an aromatic ring is 1. The molecule has 0 spiro atoms. The molecule has 2 rings (SSSR count). The zero-order chi connectivity index (χ0) is 12.3.